The zero-order valence-corrected chi connectivity index (χ0v) is 18.9. The number of thiocarbonyl (C=S) groups is 1. The van der Waals surface area contributed by atoms with E-state index in [1.165, 1.54) is 16.4 Å². The number of halogens is 4. The first-order valence-electron chi connectivity index (χ1n) is 9.41. The van der Waals surface area contributed by atoms with Crippen molar-refractivity contribution >= 4 is 35.0 Å². The van der Waals surface area contributed by atoms with Crippen LogP contribution in [-0.4, -0.2) is 33.0 Å². The minimum Gasteiger partial charge on any atom is -0.491 e. The smallest absolute Gasteiger partial charge is 0.263 e. The quantitative estimate of drug-likeness (QED) is 0.221. The Morgan fingerprint density at radius 1 is 1.09 bits per heavy atom. The van der Waals surface area contributed by atoms with E-state index >= 15 is 0 Å². The third-order valence-electron chi connectivity index (χ3n) is 4.32. The summed E-state index contributed by atoms with van der Waals surface area (Å²) in [6, 6.07) is 9.54. The van der Waals surface area contributed by atoms with E-state index in [4.69, 9.17) is 12.2 Å². The van der Waals surface area contributed by atoms with Gasteiger partial charge in [0.15, 0.2) is 28.3 Å². The van der Waals surface area contributed by atoms with Gasteiger partial charge in [0.2, 0.25) is 16.8 Å². The molecule has 0 saturated carbocycles. The molecule has 3 rings (SSSR count). The molecule has 1 amide bonds. The largest absolute Gasteiger partial charge is 0.491 e. The van der Waals surface area contributed by atoms with Gasteiger partial charge in [0, 0.05) is 12.2 Å². The molecule has 33 heavy (non-hydrogen) atoms. The van der Waals surface area contributed by atoms with E-state index in [0.717, 1.165) is 12.7 Å². The second-order valence-electron chi connectivity index (χ2n) is 6.42. The van der Waals surface area contributed by atoms with Crippen LogP contribution in [0, 0.1) is 23.3 Å². The molecule has 3 aromatic rings. The molecule has 0 bridgehead atoms. The van der Waals surface area contributed by atoms with Crippen LogP contribution >= 0.6 is 24.0 Å². The number of aromatic nitrogens is 3. The Bertz CT molecular complexity index is 1160. The van der Waals surface area contributed by atoms with Gasteiger partial charge in [-0.2, -0.15) is 8.78 Å². The lowest BCUT2D eigenvalue weighted by Crippen LogP contribution is -2.39. The summed E-state index contributed by atoms with van der Waals surface area (Å²) in [5, 5.41) is 10.1. The van der Waals surface area contributed by atoms with Gasteiger partial charge in [0.1, 0.15) is 5.56 Å². The SMILES string of the molecule is CCc1nnc(SCc2ccccc2)n1NC(=S)NC(=O)c1c(F)c(F)c(OC)c(F)c1F. The summed E-state index contributed by atoms with van der Waals surface area (Å²) in [4.78, 5) is 12.3. The summed E-state index contributed by atoms with van der Waals surface area (Å²) >= 11 is 6.37. The van der Waals surface area contributed by atoms with Crippen LogP contribution in [0.5, 0.6) is 5.75 Å². The summed E-state index contributed by atoms with van der Waals surface area (Å²) in [7, 11) is 0.830. The second kappa shape index (κ2) is 10.6. The number of rotatable bonds is 7. The van der Waals surface area contributed by atoms with Crippen molar-refractivity contribution in [3.05, 3.63) is 70.6 Å². The summed E-state index contributed by atoms with van der Waals surface area (Å²) in [5.41, 5.74) is 2.20. The van der Waals surface area contributed by atoms with Gasteiger partial charge in [-0.3, -0.25) is 15.5 Å². The number of carbonyl (C=O) groups is 1. The van der Waals surface area contributed by atoms with E-state index in [9.17, 15) is 22.4 Å². The predicted octanol–water partition coefficient (Wildman–Crippen LogP) is 3.96. The van der Waals surface area contributed by atoms with Gasteiger partial charge in [-0.25, -0.2) is 13.5 Å². The molecule has 2 N–H and O–H groups in total. The van der Waals surface area contributed by atoms with Crippen molar-refractivity contribution in [1.82, 2.24) is 20.2 Å². The topological polar surface area (TPSA) is 81.1 Å². The van der Waals surface area contributed by atoms with Crippen LogP contribution in [0.4, 0.5) is 17.6 Å². The monoisotopic (exact) mass is 499 g/mol. The molecule has 0 saturated heterocycles. The fourth-order valence-electron chi connectivity index (χ4n) is 2.74. The number of nitrogens with zero attached hydrogens (tertiary/aromatic N) is 3. The molecule has 7 nitrogen and oxygen atoms in total. The number of nitrogens with one attached hydrogen (secondary N) is 2. The number of aryl methyl sites for hydroxylation is 1. The Kier molecular flexibility index (Phi) is 7.87. The number of ether oxygens (including phenoxy) is 1. The number of hydrogen-bond donors (Lipinski definition) is 2. The zero-order valence-electron chi connectivity index (χ0n) is 17.3. The molecule has 174 valence electrons. The summed E-state index contributed by atoms with van der Waals surface area (Å²) in [6.45, 7) is 1.81. The average Bonchev–Trinajstić information content (AvgIpc) is 3.18. The number of carbonyl (C=O) groups excluding carboxylic acids is 1. The third kappa shape index (κ3) is 5.25. The highest BCUT2D eigenvalue weighted by Gasteiger charge is 2.30. The first kappa shape index (κ1) is 24.5. The van der Waals surface area contributed by atoms with Crippen molar-refractivity contribution < 1.29 is 27.1 Å². The maximum Gasteiger partial charge on any atom is 0.263 e. The van der Waals surface area contributed by atoms with Gasteiger partial charge < -0.3 is 4.74 Å². The lowest BCUT2D eigenvalue weighted by molar-refractivity contribution is 0.0966. The van der Waals surface area contributed by atoms with Gasteiger partial charge in [-0.05, 0) is 17.8 Å². The van der Waals surface area contributed by atoms with Gasteiger partial charge in [-0.15, -0.1) is 10.2 Å². The molecule has 0 fully saturated rings. The van der Waals surface area contributed by atoms with Crippen molar-refractivity contribution in [2.45, 2.75) is 24.3 Å². The molecule has 0 atom stereocenters. The van der Waals surface area contributed by atoms with Gasteiger partial charge >= 0.3 is 0 Å². The summed E-state index contributed by atoms with van der Waals surface area (Å²) < 4.78 is 61.9. The van der Waals surface area contributed by atoms with E-state index in [-0.39, 0.29) is 0 Å². The lowest BCUT2D eigenvalue weighted by Gasteiger charge is -2.15. The number of hydrogen-bond acceptors (Lipinski definition) is 6. The molecule has 0 radical (unpaired) electrons. The molecule has 1 heterocycles. The van der Waals surface area contributed by atoms with Crippen molar-refractivity contribution in [3.63, 3.8) is 0 Å². The lowest BCUT2D eigenvalue weighted by atomic mass is 10.1. The highest BCUT2D eigenvalue weighted by molar-refractivity contribution is 7.98. The van der Waals surface area contributed by atoms with E-state index in [2.05, 4.69) is 20.4 Å². The van der Waals surface area contributed by atoms with Crippen molar-refractivity contribution in [2.75, 3.05) is 12.5 Å². The van der Waals surface area contributed by atoms with E-state index in [1.54, 1.807) is 0 Å². The number of amides is 1. The van der Waals surface area contributed by atoms with Crippen LogP contribution < -0.4 is 15.5 Å². The highest BCUT2D eigenvalue weighted by Crippen LogP contribution is 2.29. The number of benzene rings is 2. The van der Waals surface area contributed by atoms with Crippen molar-refractivity contribution in [1.29, 1.82) is 0 Å². The Balaban J connectivity index is 1.77. The molecular weight excluding hydrogens is 482 g/mol. The maximum atomic E-state index is 14.2. The van der Waals surface area contributed by atoms with Gasteiger partial charge in [0.05, 0.1) is 7.11 Å². The molecule has 0 aliphatic heterocycles. The second-order valence-corrected chi connectivity index (χ2v) is 7.77. The maximum absolute atomic E-state index is 14.2. The fraction of sp³-hybridized carbons (Fsp3) is 0.200. The first-order valence-corrected chi connectivity index (χ1v) is 10.8. The normalized spacial score (nSPS) is 10.7. The minimum absolute atomic E-state index is 0.397. The molecule has 0 aliphatic rings. The standard InChI is InChI=1S/C20H17F4N5O2S2/c1-3-11-26-27-20(33-9-10-7-5-4-6-8-10)29(11)28-19(32)25-18(30)12-13(21)15(23)17(31-2)16(24)14(12)22/h4-8H,3,9H2,1-2H3,(H2,25,28,30,32). The Hall–Kier alpha value is -3.19. The molecule has 0 aliphatic carbocycles. The van der Waals surface area contributed by atoms with E-state index in [1.807, 2.05) is 42.6 Å². The van der Waals surface area contributed by atoms with Crippen LogP contribution in [0.1, 0.15) is 28.7 Å². The van der Waals surface area contributed by atoms with Gasteiger partial charge in [-0.1, -0.05) is 49.0 Å². The summed E-state index contributed by atoms with van der Waals surface area (Å²) in [5.74, 6) is -9.26. The van der Waals surface area contributed by atoms with Crippen LogP contribution in [0.2, 0.25) is 0 Å². The van der Waals surface area contributed by atoms with E-state index < -0.39 is 45.6 Å². The summed E-state index contributed by atoms with van der Waals surface area (Å²) in [6.07, 6.45) is 0.445. The third-order valence-corrected chi connectivity index (χ3v) is 5.52. The number of thioether (sulfide) groups is 1. The number of methoxy groups -OCH3 is 1. The van der Waals surface area contributed by atoms with Crippen LogP contribution in [-0.2, 0) is 12.2 Å². The van der Waals surface area contributed by atoms with Crippen LogP contribution in [0.15, 0.2) is 35.5 Å². The molecule has 0 spiro atoms. The molecular formula is C20H17F4N5O2S2. The molecule has 0 unspecified atom stereocenters. The predicted molar refractivity (Wildman–Crippen MR) is 118 cm³/mol. The Labute approximate surface area is 195 Å². The average molecular weight is 500 g/mol. The van der Waals surface area contributed by atoms with E-state index in [0.29, 0.717) is 23.2 Å². The molecule has 1 aromatic heterocycles. The van der Waals surface area contributed by atoms with Gasteiger partial charge in [0.25, 0.3) is 5.91 Å². The Morgan fingerprint density at radius 3 is 2.30 bits per heavy atom. The zero-order chi connectivity index (χ0) is 24.1. The molecule has 13 heteroatoms. The minimum atomic E-state index is -1.91. The first-order chi connectivity index (χ1) is 15.8. The fourth-order valence-corrected chi connectivity index (χ4v) is 3.79. The van der Waals surface area contributed by atoms with Crippen LogP contribution in [0.3, 0.4) is 0 Å². The Morgan fingerprint density at radius 2 is 1.73 bits per heavy atom. The van der Waals surface area contributed by atoms with Crippen LogP contribution in [0.25, 0.3) is 0 Å². The highest BCUT2D eigenvalue weighted by atomic mass is 32.2. The molecule has 2 aromatic carbocycles. The van der Waals surface area contributed by atoms with Crippen molar-refractivity contribution in [3.8, 4) is 5.75 Å². The van der Waals surface area contributed by atoms with Crippen molar-refractivity contribution in [2.24, 2.45) is 0 Å².